The fraction of sp³-hybridized carbons (Fsp3) is 0.909. The molecule has 1 saturated heterocycles. The molecule has 15 heavy (non-hydrogen) atoms. The predicted octanol–water partition coefficient (Wildman–Crippen LogP) is 0.240. The number of hydrogen-bond acceptors (Lipinski definition) is 3. The molecule has 0 spiro atoms. The maximum Gasteiger partial charge on any atom is 0.234 e. The van der Waals surface area contributed by atoms with Crippen molar-refractivity contribution in [2.75, 3.05) is 6.54 Å². The third-order valence-corrected chi connectivity index (χ3v) is 3.76. The van der Waals surface area contributed by atoms with Gasteiger partial charge in [0.25, 0.3) is 0 Å². The third-order valence-electron chi connectivity index (χ3n) is 3.76. The SMILES string of the molecule is NC(=O)C1CCCN1C1CCC(O)CC1. The molecule has 1 aliphatic heterocycles. The van der Waals surface area contributed by atoms with E-state index in [1.165, 1.54) is 0 Å². The number of rotatable bonds is 2. The van der Waals surface area contributed by atoms with Crippen LogP contribution in [0.2, 0.25) is 0 Å². The molecular formula is C11H20N2O2. The Morgan fingerprint density at radius 3 is 2.47 bits per heavy atom. The molecule has 2 rings (SSSR count). The molecular weight excluding hydrogens is 192 g/mol. The highest BCUT2D eigenvalue weighted by Crippen LogP contribution is 2.29. The van der Waals surface area contributed by atoms with Gasteiger partial charge in [0.05, 0.1) is 12.1 Å². The fourth-order valence-corrected chi connectivity index (χ4v) is 2.92. The van der Waals surface area contributed by atoms with E-state index in [0.717, 1.165) is 45.1 Å². The number of nitrogens with zero attached hydrogens (tertiary/aromatic N) is 1. The summed E-state index contributed by atoms with van der Waals surface area (Å²) in [7, 11) is 0. The summed E-state index contributed by atoms with van der Waals surface area (Å²) < 4.78 is 0. The van der Waals surface area contributed by atoms with Crippen molar-refractivity contribution in [1.82, 2.24) is 4.90 Å². The second kappa shape index (κ2) is 4.49. The van der Waals surface area contributed by atoms with E-state index >= 15 is 0 Å². The van der Waals surface area contributed by atoms with Crippen LogP contribution in [-0.2, 0) is 4.79 Å². The Balaban J connectivity index is 1.94. The molecule has 1 heterocycles. The van der Waals surface area contributed by atoms with E-state index in [4.69, 9.17) is 5.73 Å². The molecule has 0 aromatic carbocycles. The van der Waals surface area contributed by atoms with Crippen LogP contribution in [0.3, 0.4) is 0 Å². The van der Waals surface area contributed by atoms with Crippen LogP contribution in [0.4, 0.5) is 0 Å². The molecule has 1 amide bonds. The summed E-state index contributed by atoms with van der Waals surface area (Å²) in [4.78, 5) is 13.5. The molecule has 86 valence electrons. The largest absolute Gasteiger partial charge is 0.393 e. The van der Waals surface area contributed by atoms with E-state index in [2.05, 4.69) is 4.90 Å². The molecule has 1 aliphatic carbocycles. The quantitative estimate of drug-likeness (QED) is 0.689. The van der Waals surface area contributed by atoms with Crippen molar-refractivity contribution in [3.63, 3.8) is 0 Å². The second-order valence-electron chi connectivity index (χ2n) is 4.76. The number of aliphatic hydroxyl groups excluding tert-OH is 1. The van der Waals surface area contributed by atoms with Gasteiger partial charge >= 0.3 is 0 Å². The lowest BCUT2D eigenvalue weighted by molar-refractivity contribution is -0.123. The van der Waals surface area contributed by atoms with E-state index in [9.17, 15) is 9.90 Å². The fourth-order valence-electron chi connectivity index (χ4n) is 2.92. The maximum absolute atomic E-state index is 11.3. The van der Waals surface area contributed by atoms with Gasteiger partial charge < -0.3 is 10.8 Å². The molecule has 1 saturated carbocycles. The highest BCUT2D eigenvalue weighted by Gasteiger charge is 2.35. The standard InChI is InChI=1S/C11H20N2O2/c12-11(15)10-2-1-7-13(10)8-3-5-9(14)6-4-8/h8-10,14H,1-7H2,(H2,12,15). The van der Waals surface area contributed by atoms with E-state index < -0.39 is 0 Å². The van der Waals surface area contributed by atoms with E-state index in [1.54, 1.807) is 0 Å². The monoisotopic (exact) mass is 212 g/mol. The van der Waals surface area contributed by atoms with Crippen molar-refractivity contribution < 1.29 is 9.90 Å². The normalized spacial score (nSPS) is 38.1. The zero-order valence-electron chi connectivity index (χ0n) is 9.06. The highest BCUT2D eigenvalue weighted by atomic mass is 16.3. The summed E-state index contributed by atoms with van der Waals surface area (Å²) >= 11 is 0. The van der Waals surface area contributed by atoms with Gasteiger partial charge in [0.15, 0.2) is 0 Å². The minimum atomic E-state index is -0.182. The smallest absolute Gasteiger partial charge is 0.234 e. The summed E-state index contributed by atoms with van der Waals surface area (Å²) in [6.07, 6.45) is 5.60. The molecule has 4 nitrogen and oxygen atoms in total. The second-order valence-corrected chi connectivity index (χ2v) is 4.76. The van der Waals surface area contributed by atoms with Crippen LogP contribution in [0.1, 0.15) is 38.5 Å². The van der Waals surface area contributed by atoms with Crippen molar-refractivity contribution in [3.8, 4) is 0 Å². The molecule has 3 N–H and O–H groups in total. The van der Waals surface area contributed by atoms with Gasteiger partial charge in [-0.3, -0.25) is 9.69 Å². The number of hydrogen-bond donors (Lipinski definition) is 2. The first-order chi connectivity index (χ1) is 7.18. The van der Waals surface area contributed by atoms with Crippen molar-refractivity contribution in [2.45, 2.75) is 56.7 Å². The Hall–Kier alpha value is -0.610. The third kappa shape index (κ3) is 2.32. The number of primary amides is 1. The molecule has 0 radical (unpaired) electrons. The molecule has 2 aliphatic rings. The molecule has 4 heteroatoms. The maximum atomic E-state index is 11.3. The first-order valence-corrected chi connectivity index (χ1v) is 5.91. The number of carbonyl (C=O) groups excluding carboxylic acids is 1. The van der Waals surface area contributed by atoms with Crippen LogP contribution >= 0.6 is 0 Å². The van der Waals surface area contributed by atoms with Crippen molar-refractivity contribution in [1.29, 1.82) is 0 Å². The zero-order chi connectivity index (χ0) is 10.8. The first-order valence-electron chi connectivity index (χ1n) is 5.91. The minimum absolute atomic E-state index is 0.0507. The first kappa shape index (κ1) is 10.9. The summed E-state index contributed by atoms with van der Waals surface area (Å²) in [6.45, 7) is 0.994. The van der Waals surface area contributed by atoms with Gasteiger partial charge in [-0.1, -0.05) is 0 Å². The summed E-state index contributed by atoms with van der Waals surface area (Å²) in [6, 6.07) is 0.415. The predicted molar refractivity (Wildman–Crippen MR) is 57.2 cm³/mol. The summed E-state index contributed by atoms with van der Waals surface area (Å²) in [5, 5.41) is 9.43. The van der Waals surface area contributed by atoms with Gasteiger partial charge in [0, 0.05) is 6.04 Å². The van der Waals surface area contributed by atoms with E-state index in [-0.39, 0.29) is 18.1 Å². The number of aliphatic hydroxyl groups is 1. The Labute approximate surface area is 90.4 Å². The lowest BCUT2D eigenvalue weighted by Gasteiger charge is -2.35. The Morgan fingerprint density at radius 1 is 1.20 bits per heavy atom. The molecule has 2 fully saturated rings. The van der Waals surface area contributed by atoms with Gasteiger partial charge in [-0.15, -0.1) is 0 Å². The van der Waals surface area contributed by atoms with Gasteiger partial charge in [-0.2, -0.15) is 0 Å². The molecule has 1 atom stereocenters. The highest BCUT2D eigenvalue weighted by molar-refractivity contribution is 5.80. The van der Waals surface area contributed by atoms with Crippen molar-refractivity contribution in [3.05, 3.63) is 0 Å². The molecule has 0 aromatic heterocycles. The number of nitrogens with two attached hydrogens (primary N) is 1. The van der Waals surface area contributed by atoms with Crippen LogP contribution in [0.25, 0.3) is 0 Å². The number of likely N-dealkylation sites (tertiary alicyclic amines) is 1. The Bertz CT molecular complexity index is 237. The van der Waals surface area contributed by atoms with Crippen molar-refractivity contribution >= 4 is 5.91 Å². The zero-order valence-corrected chi connectivity index (χ0v) is 9.06. The van der Waals surface area contributed by atoms with Crippen molar-refractivity contribution in [2.24, 2.45) is 5.73 Å². The Morgan fingerprint density at radius 2 is 1.87 bits per heavy atom. The number of carbonyl (C=O) groups is 1. The van der Waals surface area contributed by atoms with Crippen LogP contribution < -0.4 is 5.73 Å². The molecule has 0 aromatic rings. The van der Waals surface area contributed by atoms with Crippen LogP contribution in [0.15, 0.2) is 0 Å². The van der Waals surface area contributed by atoms with Crippen LogP contribution in [-0.4, -0.2) is 40.6 Å². The van der Waals surface area contributed by atoms with Gasteiger partial charge in [0.2, 0.25) is 5.91 Å². The lowest BCUT2D eigenvalue weighted by Crippen LogP contribution is -2.47. The number of amides is 1. The van der Waals surface area contributed by atoms with Gasteiger partial charge in [0.1, 0.15) is 0 Å². The Kier molecular flexibility index (Phi) is 3.26. The molecule has 0 bridgehead atoms. The van der Waals surface area contributed by atoms with E-state index in [0.29, 0.717) is 6.04 Å². The van der Waals surface area contributed by atoms with Crippen LogP contribution in [0, 0.1) is 0 Å². The van der Waals surface area contributed by atoms with Gasteiger partial charge in [-0.25, -0.2) is 0 Å². The lowest BCUT2D eigenvalue weighted by atomic mass is 9.91. The summed E-state index contributed by atoms with van der Waals surface area (Å²) in [5.41, 5.74) is 5.39. The topological polar surface area (TPSA) is 66.6 Å². The summed E-state index contributed by atoms with van der Waals surface area (Å²) in [5.74, 6) is -0.182. The average Bonchev–Trinajstić information content (AvgIpc) is 2.67. The van der Waals surface area contributed by atoms with Crippen LogP contribution in [0.5, 0.6) is 0 Å². The molecule has 1 unspecified atom stereocenters. The minimum Gasteiger partial charge on any atom is -0.393 e. The van der Waals surface area contributed by atoms with E-state index in [1.807, 2.05) is 0 Å². The average molecular weight is 212 g/mol. The van der Waals surface area contributed by atoms with Gasteiger partial charge in [-0.05, 0) is 45.1 Å².